The summed E-state index contributed by atoms with van der Waals surface area (Å²) < 4.78 is 2.42. The zero-order chi connectivity index (χ0) is 12.6. The molecule has 0 amide bonds. The molecule has 2 aromatic rings. The lowest BCUT2D eigenvalue weighted by molar-refractivity contribution is 0.714. The molecule has 0 aliphatic carbocycles. The summed E-state index contributed by atoms with van der Waals surface area (Å²) in [6.07, 6.45) is 0. The molecule has 0 bridgehead atoms. The first-order valence-corrected chi connectivity index (χ1v) is 5.45. The highest BCUT2D eigenvalue weighted by Crippen LogP contribution is 2.08. The standard InChI is InChI=1S/C12H11ClN2O2/c1-8-10(13)11(16)15(12(17)14(8)2)9-6-4-3-5-7-9/h3-7H,1-2H3. The third-order valence-electron chi connectivity index (χ3n) is 2.70. The van der Waals surface area contributed by atoms with Crippen LogP contribution >= 0.6 is 11.6 Å². The third-order valence-corrected chi connectivity index (χ3v) is 3.14. The first-order chi connectivity index (χ1) is 8.04. The van der Waals surface area contributed by atoms with E-state index in [-0.39, 0.29) is 5.02 Å². The van der Waals surface area contributed by atoms with Gasteiger partial charge in [-0.3, -0.25) is 9.36 Å². The van der Waals surface area contributed by atoms with Gasteiger partial charge >= 0.3 is 5.69 Å². The summed E-state index contributed by atoms with van der Waals surface area (Å²) in [4.78, 5) is 24.0. The van der Waals surface area contributed by atoms with E-state index in [9.17, 15) is 9.59 Å². The minimum atomic E-state index is -0.488. The minimum Gasteiger partial charge on any atom is -0.299 e. The van der Waals surface area contributed by atoms with Crippen LogP contribution < -0.4 is 11.2 Å². The van der Waals surface area contributed by atoms with Crippen LogP contribution in [0.1, 0.15) is 5.69 Å². The summed E-state index contributed by atoms with van der Waals surface area (Å²) in [6, 6.07) is 8.71. The highest BCUT2D eigenvalue weighted by molar-refractivity contribution is 6.31. The van der Waals surface area contributed by atoms with Gasteiger partial charge < -0.3 is 0 Å². The van der Waals surface area contributed by atoms with Crippen LogP contribution in [0, 0.1) is 6.92 Å². The van der Waals surface area contributed by atoms with Crippen LogP contribution in [0.4, 0.5) is 0 Å². The van der Waals surface area contributed by atoms with Crippen LogP contribution in [0.25, 0.3) is 5.69 Å². The van der Waals surface area contributed by atoms with Crippen molar-refractivity contribution in [3.05, 3.63) is 61.9 Å². The Morgan fingerprint density at radius 3 is 2.29 bits per heavy atom. The van der Waals surface area contributed by atoms with Gasteiger partial charge in [-0.15, -0.1) is 0 Å². The Labute approximate surface area is 103 Å². The predicted octanol–water partition coefficient (Wildman–Crippen LogP) is 1.50. The SMILES string of the molecule is Cc1c(Cl)c(=O)n(-c2ccccc2)c(=O)n1C. The fourth-order valence-electron chi connectivity index (χ4n) is 1.59. The molecule has 0 N–H and O–H groups in total. The average molecular weight is 251 g/mol. The molecule has 1 heterocycles. The van der Waals surface area contributed by atoms with Gasteiger partial charge in [0, 0.05) is 12.7 Å². The minimum absolute atomic E-state index is 0.0657. The maximum absolute atomic E-state index is 12.0. The molecule has 0 aliphatic heterocycles. The van der Waals surface area contributed by atoms with Crippen molar-refractivity contribution in [3.8, 4) is 5.69 Å². The molecule has 4 nitrogen and oxygen atoms in total. The van der Waals surface area contributed by atoms with Crippen LogP contribution in [-0.4, -0.2) is 9.13 Å². The third kappa shape index (κ3) is 1.80. The average Bonchev–Trinajstić information content (AvgIpc) is 2.36. The van der Waals surface area contributed by atoms with Crippen LogP contribution in [0.15, 0.2) is 39.9 Å². The van der Waals surface area contributed by atoms with Crippen molar-refractivity contribution < 1.29 is 0 Å². The number of rotatable bonds is 1. The number of para-hydroxylation sites is 1. The highest BCUT2D eigenvalue weighted by atomic mass is 35.5. The fraction of sp³-hybridized carbons (Fsp3) is 0.167. The first kappa shape index (κ1) is 11.7. The van der Waals surface area contributed by atoms with Gasteiger partial charge in [-0.05, 0) is 19.1 Å². The van der Waals surface area contributed by atoms with Gasteiger partial charge in [0.2, 0.25) is 0 Å². The van der Waals surface area contributed by atoms with E-state index in [1.54, 1.807) is 38.2 Å². The monoisotopic (exact) mass is 250 g/mol. The molecule has 0 fully saturated rings. The summed E-state index contributed by atoms with van der Waals surface area (Å²) in [5.41, 5.74) is 0.0930. The molecule has 0 aliphatic rings. The quantitative estimate of drug-likeness (QED) is 0.770. The second kappa shape index (κ2) is 4.22. The number of nitrogens with zero attached hydrogens (tertiary/aromatic N) is 2. The van der Waals surface area contributed by atoms with Gasteiger partial charge in [-0.2, -0.15) is 0 Å². The summed E-state index contributed by atoms with van der Waals surface area (Å²) in [6.45, 7) is 1.64. The van der Waals surface area contributed by atoms with Crippen molar-refractivity contribution in [2.75, 3.05) is 0 Å². The zero-order valence-electron chi connectivity index (χ0n) is 9.48. The maximum Gasteiger partial charge on any atom is 0.335 e. The number of benzene rings is 1. The van der Waals surface area contributed by atoms with Crippen LogP contribution in [-0.2, 0) is 7.05 Å². The van der Waals surface area contributed by atoms with Gasteiger partial charge in [-0.1, -0.05) is 29.8 Å². The van der Waals surface area contributed by atoms with E-state index in [1.165, 1.54) is 4.57 Å². The van der Waals surface area contributed by atoms with E-state index in [1.807, 2.05) is 6.07 Å². The van der Waals surface area contributed by atoms with Crippen molar-refractivity contribution >= 4 is 11.6 Å². The lowest BCUT2D eigenvalue weighted by Crippen LogP contribution is -2.39. The van der Waals surface area contributed by atoms with E-state index in [2.05, 4.69) is 0 Å². The maximum atomic E-state index is 12.0. The Morgan fingerprint density at radius 2 is 1.71 bits per heavy atom. The second-order valence-corrected chi connectivity index (χ2v) is 4.10. The summed E-state index contributed by atoms with van der Waals surface area (Å²) in [7, 11) is 1.59. The number of halogens is 1. The smallest absolute Gasteiger partial charge is 0.299 e. The highest BCUT2D eigenvalue weighted by Gasteiger charge is 2.13. The van der Waals surface area contributed by atoms with Crippen molar-refractivity contribution in [2.45, 2.75) is 6.92 Å². The Balaban J connectivity index is 2.90. The predicted molar refractivity (Wildman–Crippen MR) is 67.0 cm³/mol. The van der Waals surface area contributed by atoms with Gasteiger partial charge in [0.15, 0.2) is 0 Å². The van der Waals surface area contributed by atoms with Crippen LogP contribution in [0.2, 0.25) is 5.02 Å². The van der Waals surface area contributed by atoms with E-state index in [4.69, 9.17) is 11.6 Å². The Kier molecular flexibility index (Phi) is 2.90. The molecule has 17 heavy (non-hydrogen) atoms. The Morgan fingerprint density at radius 1 is 1.12 bits per heavy atom. The largest absolute Gasteiger partial charge is 0.335 e. The molecule has 0 spiro atoms. The van der Waals surface area contributed by atoms with E-state index >= 15 is 0 Å². The van der Waals surface area contributed by atoms with Crippen molar-refractivity contribution in [3.63, 3.8) is 0 Å². The van der Waals surface area contributed by atoms with Crippen LogP contribution in [0.5, 0.6) is 0 Å². The molecule has 5 heteroatoms. The Bertz CT molecular complexity index is 634. The molecule has 2 rings (SSSR count). The molecule has 1 aromatic heterocycles. The molecular formula is C12H11ClN2O2. The molecule has 1 aromatic carbocycles. The number of hydrogen-bond donors (Lipinski definition) is 0. The molecule has 88 valence electrons. The first-order valence-electron chi connectivity index (χ1n) is 5.07. The summed E-state index contributed by atoms with van der Waals surface area (Å²) in [5, 5.41) is 0.0657. The fourth-order valence-corrected chi connectivity index (χ4v) is 1.80. The van der Waals surface area contributed by atoms with Crippen molar-refractivity contribution in [1.29, 1.82) is 0 Å². The van der Waals surface area contributed by atoms with Gasteiger partial charge in [0.1, 0.15) is 5.02 Å². The van der Waals surface area contributed by atoms with E-state index in [0.717, 1.165) is 4.57 Å². The normalized spacial score (nSPS) is 10.5. The van der Waals surface area contributed by atoms with Gasteiger partial charge in [0.25, 0.3) is 5.56 Å². The van der Waals surface area contributed by atoms with Crippen molar-refractivity contribution in [1.82, 2.24) is 9.13 Å². The van der Waals surface area contributed by atoms with Gasteiger partial charge in [0.05, 0.1) is 5.69 Å². The Hall–Kier alpha value is -1.81. The zero-order valence-corrected chi connectivity index (χ0v) is 10.2. The molecule has 0 radical (unpaired) electrons. The molecule has 0 saturated carbocycles. The lowest BCUT2D eigenvalue weighted by Gasteiger charge is -2.10. The molecule has 0 saturated heterocycles. The molecule has 0 atom stereocenters. The summed E-state index contributed by atoms with van der Waals surface area (Å²) >= 11 is 5.92. The van der Waals surface area contributed by atoms with Gasteiger partial charge in [-0.25, -0.2) is 9.36 Å². The molecular weight excluding hydrogens is 240 g/mol. The number of hydrogen-bond acceptors (Lipinski definition) is 2. The second-order valence-electron chi connectivity index (χ2n) is 3.72. The number of aromatic nitrogens is 2. The van der Waals surface area contributed by atoms with E-state index in [0.29, 0.717) is 11.4 Å². The van der Waals surface area contributed by atoms with Crippen LogP contribution in [0.3, 0.4) is 0 Å². The van der Waals surface area contributed by atoms with E-state index < -0.39 is 11.2 Å². The lowest BCUT2D eigenvalue weighted by atomic mass is 10.3. The topological polar surface area (TPSA) is 44.0 Å². The summed E-state index contributed by atoms with van der Waals surface area (Å²) in [5.74, 6) is 0. The molecule has 0 unspecified atom stereocenters. The van der Waals surface area contributed by atoms with Crippen molar-refractivity contribution in [2.24, 2.45) is 7.05 Å².